The Bertz CT molecular complexity index is 345. The summed E-state index contributed by atoms with van der Waals surface area (Å²) in [5.74, 6) is -0.584. The molecule has 0 radical (unpaired) electrons. The predicted molar refractivity (Wildman–Crippen MR) is 72.8 cm³/mol. The molecule has 1 unspecified atom stereocenters. The van der Waals surface area contributed by atoms with Crippen molar-refractivity contribution in [2.45, 2.75) is 43.7 Å². The van der Waals surface area contributed by atoms with Gasteiger partial charge in [0.1, 0.15) is 0 Å². The van der Waals surface area contributed by atoms with E-state index >= 15 is 0 Å². The fraction of sp³-hybridized carbons (Fsp3) is 0.833. The third-order valence-electron chi connectivity index (χ3n) is 3.84. The quantitative estimate of drug-likeness (QED) is 0.735. The largest absolute Gasteiger partial charge is 0.367 e. The number of morpholine rings is 1. The molecule has 19 heavy (non-hydrogen) atoms. The molecule has 1 heterocycles. The van der Waals surface area contributed by atoms with Crippen LogP contribution in [0.4, 0.5) is 0 Å². The van der Waals surface area contributed by atoms with Crippen LogP contribution in [0.5, 0.6) is 0 Å². The zero-order chi connectivity index (χ0) is 13.2. The van der Waals surface area contributed by atoms with E-state index in [2.05, 4.69) is 0 Å². The third-order valence-corrected chi connectivity index (χ3v) is 3.84. The molecule has 7 heteroatoms. The van der Waals surface area contributed by atoms with Crippen LogP contribution < -0.4 is 11.5 Å². The van der Waals surface area contributed by atoms with Gasteiger partial charge >= 0.3 is 0 Å². The summed E-state index contributed by atoms with van der Waals surface area (Å²) >= 11 is 0. The number of hydrogen-bond donors (Lipinski definition) is 2. The van der Waals surface area contributed by atoms with E-state index in [1.165, 1.54) is 0 Å². The Kier molecular flexibility index (Phi) is 5.58. The van der Waals surface area contributed by atoms with E-state index in [1.54, 1.807) is 4.90 Å². The minimum atomic E-state index is -0.752. The number of nitrogens with zero attached hydrogens (tertiary/aromatic N) is 1. The third kappa shape index (κ3) is 3.58. The smallest absolute Gasteiger partial charge is 0.248 e. The van der Waals surface area contributed by atoms with Gasteiger partial charge in [0.15, 0.2) is 6.10 Å². The van der Waals surface area contributed by atoms with Crippen LogP contribution >= 0.6 is 12.4 Å². The van der Waals surface area contributed by atoms with E-state index in [9.17, 15) is 9.59 Å². The van der Waals surface area contributed by atoms with Crippen molar-refractivity contribution in [1.29, 1.82) is 0 Å². The van der Waals surface area contributed by atoms with Crippen LogP contribution in [0.15, 0.2) is 0 Å². The van der Waals surface area contributed by atoms with Gasteiger partial charge in [-0.1, -0.05) is 19.3 Å². The number of hydrogen-bond acceptors (Lipinski definition) is 4. The van der Waals surface area contributed by atoms with Gasteiger partial charge in [-0.3, -0.25) is 9.59 Å². The van der Waals surface area contributed by atoms with Crippen molar-refractivity contribution < 1.29 is 14.3 Å². The van der Waals surface area contributed by atoms with Crippen LogP contribution in [0, 0.1) is 0 Å². The highest BCUT2D eigenvalue weighted by atomic mass is 35.5. The SMILES string of the molecule is Cl.NC(=O)C1CN(C(=O)C2(N)CCCCC2)CCO1. The summed E-state index contributed by atoms with van der Waals surface area (Å²) in [7, 11) is 0. The van der Waals surface area contributed by atoms with E-state index < -0.39 is 17.6 Å². The van der Waals surface area contributed by atoms with Crippen LogP contribution in [-0.4, -0.2) is 48.1 Å². The van der Waals surface area contributed by atoms with Gasteiger partial charge in [-0.15, -0.1) is 12.4 Å². The summed E-state index contributed by atoms with van der Waals surface area (Å²) < 4.78 is 5.23. The van der Waals surface area contributed by atoms with E-state index in [0.29, 0.717) is 13.2 Å². The number of ether oxygens (including phenoxy) is 1. The van der Waals surface area contributed by atoms with Crippen LogP contribution in [0.25, 0.3) is 0 Å². The number of carbonyl (C=O) groups excluding carboxylic acids is 2. The van der Waals surface area contributed by atoms with Gasteiger partial charge in [0, 0.05) is 6.54 Å². The Labute approximate surface area is 119 Å². The topological polar surface area (TPSA) is 98.7 Å². The van der Waals surface area contributed by atoms with Crippen molar-refractivity contribution in [2.75, 3.05) is 19.7 Å². The van der Waals surface area contributed by atoms with Gasteiger partial charge < -0.3 is 21.1 Å². The lowest BCUT2D eigenvalue weighted by Gasteiger charge is -2.39. The molecule has 2 fully saturated rings. The highest BCUT2D eigenvalue weighted by Crippen LogP contribution is 2.28. The molecule has 1 aliphatic heterocycles. The summed E-state index contributed by atoms with van der Waals surface area (Å²) in [6, 6.07) is 0. The molecule has 4 N–H and O–H groups in total. The average molecular weight is 292 g/mol. The molecule has 2 aliphatic rings. The molecular weight excluding hydrogens is 270 g/mol. The van der Waals surface area contributed by atoms with Crippen LogP contribution in [0.1, 0.15) is 32.1 Å². The number of primary amides is 1. The molecule has 2 amide bonds. The lowest BCUT2D eigenvalue weighted by atomic mass is 9.81. The molecule has 6 nitrogen and oxygen atoms in total. The first kappa shape index (κ1) is 16.2. The summed E-state index contributed by atoms with van der Waals surface area (Å²) in [4.78, 5) is 25.2. The fourth-order valence-electron chi connectivity index (χ4n) is 2.72. The molecule has 0 aromatic rings. The number of rotatable bonds is 2. The lowest BCUT2D eigenvalue weighted by molar-refractivity contribution is -0.150. The molecule has 1 atom stereocenters. The summed E-state index contributed by atoms with van der Waals surface area (Å²) in [5, 5.41) is 0. The maximum atomic E-state index is 12.4. The van der Waals surface area contributed by atoms with Crippen molar-refractivity contribution in [3.8, 4) is 0 Å². The summed E-state index contributed by atoms with van der Waals surface area (Å²) in [6.07, 6.45) is 3.88. The molecule has 0 bridgehead atoms. The number of halogens is 1. The summed E-state index contributed by atoms with van der Waals surface area (Å²) in [5.41, 5.74) is 10.7. The van der Waals surface area contributed by atoms with Gasteiger partial charge in [0.05, 0.1) is 18.7 Å². The highest BCUT2D eigenvalue weighted by molar-refractivity contribution is 5.87. The Morgan fingerprint density at radius 1 is 1.21 bits per heavy atom. The molecule has 1 aliphatic carbocycles. The molecule has 0 spiro atoms. The maximum Gasteiger partial charge on any atom is 0.248 e. The average Bonchev–Trinajstić information content (AvgIpc) is 2.39. The lowest BCUT2D eigenvalue weighted by Crippen LogP contribution is -2.60. The maximum absolute atomic E-state index is 12.4. The van der Waals surface area contributed by atoms with Crippen molar-refractivity contribution in [3.63, 3.8) is 0 Å². The number of amides is 2. The molecular formula is C12H22ClN3O3. The predicted octanol–water partition coefficient (Wildman–Crippen LogP) is -0.217. The standard InChI is InChI=1S/C12H21N3O3.ClH/c13-10(16)9-8-15(6-7-18-9)11(17)12(14)4-2-1-3-5-12;/h9H,1-8,14H2,(H2,13,16);1H. The van der Waals surface area contributed by atoms with Gasteiger partial charge in [-0.2, -0.15) is 0 Å². The van der Waals surface area contributed by atoms with E-state index in [-0.39, 0.29) is 24.9 Å². The first-order valence-corrected chi connectivity index (χ1v) is 6.52. The second-order valence-electron chi connectivity index (χ2n) is 5.23. The Morgan fingerprint density at radius 2 is 1.84 bits per heavy atom. The Morgan fingerprint density at radius 3 is 2.42 bits per heavy atom. The molecule has 110 valence electrons. The van der Waals surface area contributed by atoms with Gasteiger partial charge in [-0.05, 0) is 12.8 Å². The van der Waals surface area contributed by atoms with Gasteiger partial charge in [-0.25, -0.2) is 0 Å². The van der Waals surface area contributed by atoms with Crippen molar-refractivity contribution in [2.24, 2.45) is 11.5 Å². The highest BCUT2D eigenvalue weighted by Gasteiger charge is 2.40. The first-order chi connectivity index (χ1) is 8.53. The number of nitrogens with two attached hydrogens (primary N) is 2. The van der Waals surface area contributed by atoms with Crippen molar-refractivity contribution in [1.82, 2.24) is 4.90 Å². The molecule has 0 aromatic carbocycles. The molecule has 1 saturated carbocycles. The molecule has 1 saturated heterocycles. The van der Waals surface area contributed by atoms with Gasteiger partial charge in [0.2, 0.25) is 11.8 Å². The second kappa shape index (κ2) is 6.54. The molecule has 0 aromatic heterocycles. The zero-order valence-electron chi connectivity index (χ0n) is 11.0. The van der Waals surface area contributed by atoms with Crippen LogP contribution in [0.2, 0.25) is 0 Å². The number of carbonyl (C=O) groups is 2. The van der Waals surface area contributed by atoms with E-state index in [1.807, 2.05) is 0 Å². The Hall–Kier alpha value is -0.850. The fourth-order valence-corrected chi connectivity index (χ4v) is 2.72. The Balaban J connectivity index is 0.00000180. The van der Waals surface area contributed by atoms with E-state index in [0.717, 1.165) is 32.1 Å². The molecule has 2 rings (SSSR count). The normalized spacial score (nSPS) is 26.4. The second-order valence-corrected chi connectivity index (χ2v) is 5.23. The van der Waals surface area contributed by atoms with Crippen molar-refractivity contribution >= 4 is 24.2 Å². The monoisotopic (exact) mass is 291 g/mol. The van der Waals surface area contributed by atoms with E-state index in [4.69, 9.17) is 16.2 Å². The minimum Gasteiger partial charge on any atom is -0.367 e. The first-order valence-electron chi connectivity index (χ1n) is 6.52. The van der Waals surface area contributed by atoms with Crippen molar-refractivity contribution in [3.05, 3.63) is 0 Å². The van der Waals surface area contributed by atoms with Crippen LogP contribution in [0.3, 0.4) is 0 Å². The van der Waals surface area contributed by atoms with Crippen LogP contribution in [-0.2, 0) is 14.3 Å². The summed E-state index contributed by atoms with van der Waals surface area (Å²) in [6.45, 7) is 1.06. The van der Waals surface area contributed by atoms with Gasteiger partial charge in [0.25, 0.3) is 0 Å². The minimum absolute atomic E-state index is 0. The zero-order valence-corrected chi connectivity index (χ0v) is 11.8.